The molecule has 1 aromatic heterocycles. The van der Waals surface area contributed by atoms with Crippen molar-refractivity contribution >= 4 is 41.3 Å². The van der Waals surface area contributed by atoms with E-state index in [-0.39, 0.29) is 30.1 Å². The predicted octanol–water partition coefficient (Wildman–Crippen LogP) is 4.24. The Morgan fingerprint density at radius 2 is 2.04 bits per heavy atom. The van der Waals surface area contributed by atoms with E-state index in [1.807, 2.05) is 7.05 Å². The summed E-state index contributed by atoms with van der Waals surface area (Å²) in [5.74, 6) is 1.33. The van der Waals surface area contributed by atoms with Crippen molar-refractivity contribution in [3.8, 4) is 0 Å². The number of hydrogen-bond acceptors (Lipinski definition) is 3. The minimum Gasteiger partial charge on any atom is -0.373 e. The molecule has 4 nitrogen and oxygen atoms in total. The van der Waals surface area contributed by atoms with Crippen LogP contribution in [-0.2, 0) is 11.2 Å². The summed E-state index contributed by atoms with van der Waals surface area (Å²) in [7, 11) is 1.83. The Morgan fingerprint density at radius 3 is 2.77 bits per heavy atom. The number of halogens is 1. The Bertz CT molecular complexity index is 648. The highest BCUT2D eigenvalue weighted by atomic mass is 127. The Hall–Kier alpha value is -1.12. The van der Waals surface area contributed by atoms with E-state index in [4.69, 9.17) is 4.74 Å². The molecular weight excluding hydrogens is 457 g/mol. The zero-order valence-corrected chi connectivity index (χ0v) is 18.3. The summed E-state index contributed by atoms with van der Waals surface area (Å²) in [5, 5.41) is 9.01. The molecule has 6 heteroatoms. The van der Waals surface area contributed by atoms with E-state index in [0.717, 1.165) is 38.5 Å². The third-order valence-electron chi connectivity index (χ3n) is 4.57. The quantitative estimate of drug-likeness (QED) is 0.366. The second-order valence-corrected chi connectivity index (χ2v) is 7.35. The number of thiophene rings is 1. The molecule has 0 bridgehead atoms. The Morgan fingerprint density at radius 1 is 1.19 bits per heavy atom. The van der Waals surface area contributed by atoms with Crippen molar-refractivity contribution in [3.63, 3.8) is 0 Å². The molecule has 0 aliphatic carbocycles. The molecule has 2 aromatic rings. The summed E-state index contributed by atoms with van der Waals surface area (Å²) in [6, 6.07) is 14.8. The molecule has 26 heavy (non-hydrogen) atoms. The number of hydrogen-bond donors (Lipinski definition) is 2. The molecule has 1 aromatic carbocycles. The molecule has 0 radical (unpaired) electrons. The van der Waals surface area contributed by atoms with Gasteiger partial charge in [0.15, 0.2) is 5.96 Å². The molecule has 1 fully saturated rings. The van der Waals surface area contributed by atoms with Gasteiger partial charge in [-0.15, -0.1) is 35.3 Å². The molecule has 1 saturated heterocycles. The van der Waals surface area contributed by atoms with Crippen molar-refractivity contribution < 1.29 is 4.74 Å². The van der Waals surface area contributed by atoms with Crippen LogP contribution >= 0.6 is 35.3 Å². The van der Waals surface area contributed by atoms with Gasteiger partial charge in [0.05, 0.1) is 6.10 Å². The molecule has 0 saturated carbocycles. The van der Waals surface area contributed by atoms with Crippen LogP contribution in [0, 0.1) is 5.92 Å². The van der Waals surface area contributed by atoms with Gasteiger partial charge in [0.2, 0.25) is 0 Å². The molecule has 2 atom stereocenters. The fourth-order valence-corrected chi connectivity index (χ4v) is 3.98. The number of rotatable bonds is 6. The zero-order chi connectivity index (χ0) is 17.3. The summed E-state index contributed by atoms with van der Waals surface area (Å²) in [6.07, 6.45) is 3.50. The number of nitrogens with one attached hydrogen (secondary N) is 2. The van der Waals surface area contributed by atoms with Gasteiger partial charge < -0.3 is 15.4 Å². The molecule has 2 heterocycles. The minimum atomic E-state index is 0. The molecule has 1 aliphatic heterocycles. The van der Waals surface area contributed by atoms with Crippen molar-refractivity contribution in [1.29, 1.82) is 0 Å². The first-order valence-corrected chi connectivity index (χ1v) is 9.88. The van der Waals surface area contributed by atoms with E-state index >= 15 is 0 Å². The van der Waals surface area contributed by atoms with Crippen LogP contribution in [0.1, 0.15) is 29.4 Å². The highest BCUT2D eigenvalue weighted by Gasteiger charge is 2.27. The van der Waals surface area contributed by atoms with Gasteiger partial charge in [0.25, 0.3) is 0 Å². The average molecular weight is 485 g/mol. The number of benzene rings is 1. The number of aliphatic imine (C=N–C) groups is 1. The Labute approximate surface area is 177 Å². The molecule has 1 aliphatic rings. The molecular formula is C20H28IN3OS. The van der Waals surface area contributed by atoms with E-state index in [1.165, 1.54) is 16.9 Å². The van der Waals surface area contributed by atoms with E-state index in [9.17, 15) is 0 Å². The van der Waals surface area contributed by atoms with Gasteiger partial charge in [-0.2, -0.15) is 0 Å². The van der Waals surface area contributed by atoms with Gasteiger partial charge in [0, 0.05) is 37.5 Å². The second kappa shape index (κ2) is 11.6. The van der Waals surface area contributed by atoms with Crippen molar-refractivity contribution in [2.45, 2.75) is 25.4 Å². The fourth-order valence-electron chi connectivity index (χ4n) is 3.27. The Kier molecular flexibility index (Phi) is 9.42. The monoisotopic (exact) mass is 485 g/mol. The van der Waals surface area contributed by atoms with E-state index in [1.54, 1.807) is 11.3 Å². The van der Waals surface area contributed by atoms with Crippen LogP contribution in [0.4, 0.5) is 0 Å². The summed E-state index contributed by atoms with van der Waals surface area (Å²) < 4.78 is 6.07. The third kappa shape index (κ3) is 6.25. The first kappa shape index (κ1) is 21.2. The lowest BCUT2D eigenvalue weighted by molar-refractivity contribution is -0.0265. The Balaban J connectivity index is 0.00000243. The minimum absolute atomic E-state index is 0. The van der Waals surface area contributed by atoms with E-state index in [0.29, 0.717) is 5.92 Å². The molecule has 0 amide bonds. The van der Waals surface area contributed by atoms with Crippen molar-refractivity contribution in [1.82, 2.24) is 10.6 Å². The van der Waals surface area contributed by atoms with Crippen LogP contribution in [0.2, 0.25) is 0 Å². The number of ether oxygens (including phenoxy) is 1. The van der Waals surface area contributed by atoms with Gasteiger partial charge >= 0.3 is 0 Å². The zero-order valence-electron chi connectivity index (χ0n) is 15.2. The predicted molar refractivity (Wildman–Crippen MR) is 121 cm³/mol. The van der Waals surface area contributed by atoms with E-state index < -0.39 is 0 Å². The number of guanidine groups is 1. The third-order valence-corrected chi connectivity index (χ3v) is 5.51. The SMILES string of the molecule is CN=C(NCCc1cccs1)NCC1CCCOC1c1ccccc1.I. The summed E-state index contributed by atoms with van der Waals surface area (Å²) in [5.41, 5.74) is 1.27. The molecule has 3 rings (SSSR count). The summed E-state index contributed by atoms with van der Waals surface area (Å²) in [4.78, 5) is 5.74. The number of nitrogens with zero attached hydrogens (tertiary/aromatic N) is 1. The lowest BCUT2D eigenvalue weighted by atomic mass is 9.89. The highest BCUT2D eigenvalue weighted by Crippen LogP contribution is 2.32. The standard InChI is InChI=1S/C20H27N3OS.HI/c1-21-20(22-12-11-18-10-6-14-25-18)23-15-17-9-5-13-24-19(17)16-7-3-2-4-8-16;/h2-4,6-8,10,14,17,19H,5,9,11-13,15H2,1H3,(H2,21,22,23);1H. The van der Waals surface area contributed by atoms with Gasteiger partial charge in [-0.1, -0.05) is 36.4 Å². The average Bonchev–Trinajstić information content (AvgIpc) is 3.19. The van der Waals surface area contributed by atoms with Gasteiger partial charge in [-0.25, -0.2) is 0 Å². The lowest BCUT2D eigenvalue weighted by Crippen LogP contribution is -2.42. The smallest absolute Gasteiger partial charge is 0.191 e. The van der Waals surface area contributed by atoms with Gasteiger partial charge in [-0.3, -0.25) is 4.99 Å². The maximum Gasteiger partial charge on any atom is 0.191 e. The van der Waals surface area contributed by atoms with Crippen LogP contribution in [0.3, 0.4) is 0 Å². The first-order valence-electron chi connectivity index (χ1n) is 9.00. The van der Waals surface area contributed by atoms with Crippen LogP contribution in [0.5, 0.6) is 0 Å². The summed E-state index contributed by atoms with van der Waals surface area (Å²) >= 11 is 1.80. The van der Waals surface area contributed by atoms with Crippen LogP contribution < -0.4 is 10.6 Å². The second-order valence-electron chi connectivity index (χ2n) is 6.31. The molecule has 142 valence electrons. The van der Waals surface area contributed by atoms with E-state index in [2.05, 4.69) is 63.5 Å². The van der Waals surface area contributed by atoms with Crippen molar-refractivity contribution in [2.75, 3.05) is 26.7 Å². The first-order chi connectivity index (χ1) is 12.4. The highest BCUT2D eigenvalue weighted by molar-refractivity contribution is 14.0. The van der Waals surface area contributed by atoms with Crippen molar-refractivity contribution in [3.05, 3.63) is 58.3 Å². The molecule has 0 spiro atoms. The van der Waals surface area contributed by atoms with Crippen LogP contribution in [0.15, 0.2) is 52.8 Å². The maximum atomic E-state index is 6.07. The lowest BCUT2D eigenvalue weighted by Gasteiger charge is -2.32. The molecule has 2 N–H and O–H groups in total. The van der Waals surface area contributed by atoms with Gasteiger partial charge in [0.1, 0.15) is 0 Å². The largest absolute Gasteiger partial charge is 0.373 e. The molecule has 2 unspecified atom stereocenters. The van der Waals surface area contributed by atoms with Gasteiger partial charge in [-0.05, 0) is 36.3 Å². The maximum absolute atomic E-state index is 6.07. The van der Waals surface area contributed by atoms with Crippen LogP contribution in [0.25, 0.3) is 0 Å². The van der Waals surface area contributed by atoms with Crippen LogP contribution in [-0.4, -0.2) is 32.7 Å². The summed E-state index contributed by atoms with van der Waals surface area (Å²) in [6.45, 7) is 2.62. The normalized spacial score (nSPS) is 20.3. The van der Waals surface area contributed by atoms with Crippen molar-refractivity contribution in [2.24, 2.45) is 10.9 Å². The fraction of sp³-hybridized carbons (Fsp3) is 0.450. The topological polar surface area (TPSA) is 45.7 Å².